The highest BCUT2D eigenvalue weighted by atomic mass is 35.5. The molecule has 1 aliphatic carbocycles. The third kappa shape index (κ3) is 4.35. The van der Waals surface area contributed by atoms with Gasteiger partial charge in [0.1, 0.15) is 0 Å². The standard InChI is InChI=1S/C19H27ClN2O4S/c1-6-7-9-19(16(23)24)10-8-12(20)18(2,3)15(19)27-17-21-13(25-4)11-14(22-17)26-5/h8,10-12,15H,6-7,9H2,1-5H3,(H,23,24). The molecule has 0 amide bonds. The van der Waals surface area contributed by atoms with E-state index in [0.29, 0.717) is 23.3 Å². The number of ether oxygens (including phenoxy) is 2. The van der Waals surface area contributed by atoms with Crippen molar-refractivity contribution in [3.05, 3.63) is 18.2 Å². The topological polar surface area (TPSA) is 81.5 Å². The first-order valence-electron chi connectivity index (χ1n) is 8.91. The van der Waals surface area contributed by atoms with E-state index in [2.05, 4.69) is 16.9 Å². The van der Waals surface area contributed by atoms with E-state index >= 15 is 0 Å². The molecule has 0 radical (unpaired) electrons. The lowest BCUT2D eigenvalue weighted by Gasteiger charge is -2.48. The highest BCUT2D eigenvalue weighted by Gasteiger charge is 2.55. The number of methoxy groups -OCH3 is 2. The van der Waals surface area contributed by atoms with Crippen LogP contribution in [0.4, 0.5) is 0 Å². The van der Waals surface area contributed by atoms with Gasteiger partial charge in [-0.15, -0.1) is 11.6 Å². The van der Waals surface area contributed by atoms with Crippen molar-refractivity contribution >= 4 is 29.3 Å². The molecule has 27 heavy (non-hydrogen) atoms. The molecule has 0 aliphatic heterocycles. The van der Waals surface area contributed by atoms with Gasteiger partial charge in [0.15, 0.2) is 5.16 Å². The first-order chi connectivity index (χ1) is 12.7. The number of nitrogens with zero attached hydrogens (tertiary/aromatic N) is 2. The van der Waals surface area contributed by atoms with Crippen LogP contribution in [-0.2, 0) is 4.79 Å². The molecule has 0 aromatic carbocycles. The normalized spacial score (nSPS) is 26.6. The zero-order chi connectivity index (χ0) is 20.2. The van der Waals surface area contributed by atoms with Crippen LogP contribution in [0.5, 0.6) is 11.8 Å². The van der Waals surface area contributed by atoms with Crippen LogP contribution in [-0.4, -0.2) is 45.9 Å². The first kappa shape index (κ1) is 21.8. The van der Waals surface area contributed by atoms with Crippen LogP contribution in [0.25, 0.3) is 0 Å². The molecule has 8 heteroatoms. The van der Waals surface area contributed by atoms with Crippen LogP contribution >= 0.6 is 23.4 Å². The summed E-state index contributed by atoms with van der Waals surface area (Å²) in [5, 5.41) is 9.94. The Morgan fingerprint density at radius 3 is 2.37 bits per heavy atom. The summed E-state index contributed by atoms with van der Waals surface area (Å²) in [6, 6.07) is 1.59. The van der Waals surface area contributed by atoms with Gasteiger partial charge in [-0.2, -0.15) is 9.97 Å². The summed E-state index contributed by atoms with van der Waals surface area (Å²) in [6.07, 6.45) is 5.83. The summed E-state index contributed by atoms with van der Waals surface area (Å²) >= 11 is 7.89. The second kappa shape index (κ2) is 8.69. The number of allylic oxidation sites excluding steroid dienone is 1. The van der Waals surface area contributed by atoms with Gasteiger partial charge >= 0.3 is 5.97 Å². The molecule has 3 atom stereocenters. The van der Waals surface area contributed by atoms with Gasteiger partial charge in [-0.25, -0.2) is 0 Å². The van der Waals surface area contributed by atoms with Crippen LogP contribution in [0.2, 0.25) is 0 Å². The number of carboxylic acids is 1. The van der Waals surface area contributed by atoms with Crippen molar-refractivity contribution in [3.63, 3.8) is 0 Å². The van der Waals surface area contributed by atoms with E-state index in [4.69, 9.17) is 21.1 Å². The molecule has 1 aliphatic rings. The minimum atomic E-state index is -1.05. The average molecular weight is 415 g/mol. The molecule has 3 unspecified atom stereocenters. The van der Waals surface area contributed by atoms with Crippen LogP contribution < -0.4 is 9.47 Å². The van der Waals surface area contributed by atoms with E-state index in [1.807, 2.05) is 19.9 Å². The van der Waals surface area contributed by atoms with E-state index in [1.54, 1.807) is 12.1 Å². The SMILES string of the molecule is CCCCC1(C(=O)O)C=CC(Cl)C(C)(C)C1Sc1nc(OC)cc(OC)n1. The molecule has 6 nitrogen and oxygen atoms in total. The minimum Gasteiger partial charge on any atom is -0.481 e. The second-order valence-corrected chi connectivity index (χ2v) is 8.81. The Morgan fingerprint density at radius 2 is 1.89 bits per heavy atom. The number of alkyl halides is 1. The fourth-order valence-corrected chi connectivity index (χ4v) is 5.11. The van der Waals surface area contributed by atoms with E-state index in [-0.39, 0.29) is 10.6 Å². The van der Waals surface area contributed by atoms with Crippen molar-refractivity contribution < 1.29 is 19.4 Å². The van der Waals surface area contributed by atoms with Crippen molar-refractivity contribution in [2.45, 2.75) is 55.8 Å². The van der Waals surface area contributed by atoms with Gasteiger partial charge in [0.05, 0.1) is 31.1 Å². The zero-order valence-corrected chi connectivity index (χ0v) is 17.9. The Kier molecular flexibility index (Phi) is 7.03. The number of hydrogen-bond donors (Lipinski definition) is 1. The smallest absolute Gasteiger partial charge is 0.314 e. The fraction of sp³-hybridized carbons (Fsp3) is 0.632. The van der Waals surface area contributed by atoms with E-state index in [1.165, 1.54) is 26.0 Å². The molecule has 0 fully saturated rings. The van der Waals surface area contributed by atoms with Gasteiger partial charge < -0.3 is 14.6 Å². The van der Waals surface area contributed by atoms with Gasteiger partial charge in [-0.3, -0.25) is 4.79 Å². The monoisotopic (exact) mass is 414 g/mol. The number of carboxylic acid groups (broad SMARTS) is 1. The van der Waals surface area contributed by atoms with E-state index < -0.39 is 16.8 Å². The molecule has 0 saturated heterocycles. The Labute approximate surface area is 169 Å². The number of unbranched alkanes of at least 4 members (excludes halogenated alkanes) is 1. The maximum atomic E-state index is 12.4. The van der Waals surface area contributed by atoms with Crippen molar-refractivity contribution in [1.29, 1.82) is 0 Å². The predicted molar refractivity (Wildman–Crippen MR) is 107 cm³/mol. The van der Waals surface area contributed by atoms with E-state index in [0.717, 1.165) is 12.8 Å². The number of carbonyl (C=O) groups is 1. The largest absolute Gasteiger partial charge is 0.481 e. The molecular formula is C19H27ClN2O4S. The van der Waals surface area contributed by atoms with Crippen molar-refractivity contribution in [2.24, 2.45) is 10.8 Å². The van der Waals surface area contributed by atoms with Crippen molar-refractivity contribution in [3.8, 4) is 11.8 Å². The summed E-state index contributed by atoms with van der Waals surface area (Å²) in [5.41, 5.74) is -1.54. The van der Waals surface area contributed by atoms with E-state index in [9.17, 15) is 9.90 Å². The van der Waals surface area contributed by atoms with Crippen LogP contribution in [0.3, 0.4) is 0 Å². The Bertz CT molecular complexity index is 691. The number of aliphatic carboxylic acids is 1. The maximum Gasteiger partial charge on any atom is 0.314 e. The maximum absolute atomic E-state index is 12.4. The lowest BCUT2D eigenvalue weighted by atomic mass is 9.64. The van der Waals surface area contributed by atoms with Gasteiger partial charge in [0.25, 0.3) is 0 Å². The number of thioether (sulfide) groups is 1. The van der Waals surface area contributed by atoms with Gasteiger partial charge in [0.2, 0.25) is 11.8 Å². The molecule has 1 aromatic heterocycles. The summed E-state index contributed by atoms with van der Waals surface area (Å²) in [6.45, 7) is 6.04. The predicted octanol–water partition coefficient (Wildman–Crippen LogP) is 4.42. The van der Waals surface area contributed by atoms with Gasteiger partial charge in [-0.05, 0) is 11.8 Å². The summed E-state index contributed by atoms with van der Waals surface area (Å²) in [4.78, 5) is 21.2. The average Bonchev–Trinajstić information content (AvgIpc) is 2.64. The second-order valence-electron chi connectivity index (χ2n) is 7.26. The lowest BCUT2D eigenvalue weighted by Crippen LogP contribution is -2.52. The summed E-state index contributed by atoms with van der Waals surface area (Å²) < 4.78 is 10.4. The third-order valence-electron chi connectivity index (χ3n) is 5.06. The quantitative estimate of drug-likeness (QED) is 0.383. The summed E-state index contributed by atoms with van der Waals surface area (Å²) in [7, 11) is 3.03. The van der Waals surface area contributed by atoms with Crippen molar-refractivity contribution in [1.82, 2.24) is 9.97 Å². The molecule has 2 rings (SSSR count). The van der Waals surface area contributed by atoms with Crippen molar-refractivity contribution in [2.75, 3.05) is 14.2 Å². The highest BCUT2D eigenvalue weighted by molar-refractivity contribution is 7.99. The first-order valence-corrected chi connectivity index (χ1v) is 10.2. The van der Waals surface area contributed by atoms with Crippen LogP contribution in [0.15, 0.2) is 23.4 Å². The summed E-state index contributed by atoms with van der Waals surface area (Å²) in [5.74, 6) is -0.118. The Balaban J connectivity index is 2.53. The molecule has 150 valence electrons. The number of halogens is 1. The zero-order valence-electron chi connectivity index (χ0n) is 16.4. The minimum absolute atomic E-state index is 0.295. The molecule has 1 N–H and O–H groups in total. The molecule has 0 bridgehead atoms. The van der Waals surface area contributed by atoms with Gasteiger partial charge in [0, 0.05) is 5.25 Å². The number of aromatic nitrogens is 2. The lowest BCUT2D eigenvalue weighted by molar-refractivity contribution is -0.148. The number of hydrogen-bond acceptors (Lipinski definition) is 6. The fourth-order valence-electron chi connectivity index (χ4n) is 3.38. The van der Waals surface area contributed by atoms with Gasteiger partial charge in [-0.1, -0.05) is 57.5 Å². The highest BCUT2D eigenvalue weighted by Crippen LogP contribution is 2.54. The molecule has 0 saturated carbocycles. The molecular weight excluding hydrogens is 388 g/mol. The van der Waals surface area contributed by atoms with Crippen LogP contribution in [0, 0.1) is 10.8 Å². The third-order valence-corrected chi connectivity index (χ3v) is 7.42. The molecule has 1 aromatic rings. The Morgan fingerprint density at radius 1 is 1.30 bits per heavy atom. The van der Waals surface area contributed by atoms with Crippen LogP contribution in [0.1, 0.15) is 40.0 Å². The molecule has 0 spiro atoms. The number of rotatable bonds is 8. The Hall–Kier alpha value is -1.47. The molecule has 1 heterocycles.